The lowest BCUT2D eigenvalue weighted by atomic mass is 9.73. The fourth-order valence-electron chi connectivity index (χ4n) is 3.36. The molecule has 2 rings (SSSR count). The Balaban J connectivity index is 2.33. The summed E-state index contributed by atoms with van der Waals surface area (Å²) in [6.07, 6.45) is 5.87. The van der Waals surface area contributed by atoms with Crippen molar-refractivity contribution in [3.63, 3.8) is 0 Å². The van der Waals surface area contributed by atoms with E-state index in [0.29, 0.717) is 17.5 Å². The van der Waals surface area contributed by atoms with E-state index in [2.05, 4.69) is 50.8 Å². The Hall–Kier alpha value is -0.830. The molecule has 2 unspecified atom stereocenters. The third kappa shape index (κ3) is 3.02. The smallest absolute Gasteiger partial charge is 0.0680 e. The van der Waals surface area contributed by atoms with Gasteiger partial charge in [-0.15, -0.1) is 0 Å². The highest BCUT2D eigenvalue weighted by Gasteiger charge is 2.36. The standard InChI is InChI=1S/C16H29N3/c1-6-12-10-13(7-2)19(18-12)15-11-16(3,4)9-8-14(15)17-5/h10,14-15,17H,6-9,11H2,1-5H3. The molecule has 0 bridgehead atoms. The summed E-state index contributed by atoms with van der Waals surface area (Å²) in [6, 6.07) is 3.35. The lowest BCUT2D eigenvalue weighted by molar-refractivity contribution is 0.136. The predicted molar refractivity (Wildman–Crippen MR) is 80.5 cm³/mol. The second-order valence-corrected chi connectivity index (χ2v) is 6.65. The zero-order chi connectivity index (χ0) is 14.0. The predicted octanol–water partition coefficient (Wildman–Crippen LogP) is 3.35. The topological polar surface area (TPSA) is 29.9 Å². The van der Waals surface area contributed by atoms with Crippen LogP contribution in [-0.4, -0.2) is 22.9 Å². The van der Waals surface area contributed by atoms with Gasteiger partial charge in [0.25, 0.3) is 0 Å². The largest absolute Gasteiger partial charge is 0.315 e. The molecule has 1 aromatic heterocycles. The summed E-state index contributed by atoms with van der Waals surface area (Å²) in [5.41, 5.74) is 3.05. The van der Waals surface area contributed by atoms with Gasteiger partial charge >= 0.3 is 0 Å². The van der Waals surface area contributed by atoms with E-state index in [1.165, 1.54) is 30.7 Å². The number of nitrogens with zero attached hydrogens (tertiary/aromatic N) is 2. The molecule has 0 radical (unpaired) electrons. The molecule has 2 atom stereocenters. The molecule has 1 N–H and O–H groups in total. The van der Waals surface area contributed by atoms with Gasteiger partial charge in [-0.05, 0) is 50.6 Å². The van der Waals surface area contributed by atoms with Crippen LogP contribution in [0.1, 0.15) is 64.4 Å². The zero-order valence-electron chi connectivity index (χ0n) is 13.2. The van der Waals surface area contributed by atoms with E-state index in [9.17, 15) is 0 Å². The van der Waals surface area contributed by atoms with Gasteiger partial charge in [0.2, 0.25) is 0 Å². The van der Waals surface area contributed by atoms with Crippen LogP contribution in [0.3, 0.4) is 0 Å². The van der Waals surface area contributed by atoms with Crippen molar-refractivity contribution in [1.29, 1.82) is 0 Å². The van der Waals surface area contributed by atoms with Gasteiger partial charge < -0.3 is 5.32 Å². The molecule has 1 saturated carbocycles. The lowest BCUT2D eigenvalue weighted by Crippen LogP contribution is -2.43. The molecule has 0 amide bonds. The van der Waals surface area contributed by atoms with Crippen molar-refractivity contribution >= 4 is 0 Å². The van der Waals surface area contributed by atoms with Crippen LogP contribution in [-0.2, 0) is 12.8 Å². The Morgan fingerprint density at radius 1 is 1.37 bits per heavy atom. The van der Waals surface area contributed by atoms with Crippen molar-refractivity contribution < 1.29 is 0 Å². The molecule has 0 saturated heterocycles. The minimum absolute atomic E-state index is 0.432. The molecule has 3 nitrogen and oxygen atoms in total. The van der Waals surface area contributed by atoms with Gasteiger partial charge in [0, 0.05) is 11.7 Å². The van der Waals surface area contributed by atoms with Crippen molar-refractivity contribution in [2.24, 2.45) is 5.41 Å². The maximum absolute atomic E-state index is 4.86. The Morgan fingerprint density at radius 3 is 2.68 bits per heavy atom. The van der Waals surface area contributed by atoms with Crippen molar-refractivity contribution in [2.75, 3.05) is 7.05 Å². The summed E-state index contributed by atoms with van der Waals surface area (Å²) in [5, 5.41) is 8.37. The lowest BCUT2D eigenvalue weighted by Gasteiger charge is -2.41. The molecule has 1 heterocycles. The molecule has 1 fully saturated rings. The number of hydrogen-bond donors (Lipinski definition) is 1. The molecule has 0 aromatic carbocycles. The number of aromatic nitrogens is 2. The summed E-state index contributed by atoms with van der Waals surface area (Å²) >= 11 is 0. The number of aryl methyl sites for hydroxylation is 2. The maximum atomic E-state index is 4.86. The third-order valence-corrected chi connectivity index (χ3v) is 4.63. The fourth-order valence-corrected chi connectivity index (χ4v) is 3.36. The van der Waals surface area contributed by atoms with Crippen LogP contribution < -0.4 is 5.32 Å². The van der Waals surface area contributed by atoms with Gasteiger partial charge in [-0.3, -0.25) is 4.68 Å². The average molecular weight is 263 g/mol. The second kappa shape index (κ2) is 5.66. The van der Waals surface area contributed by atoms with Crippen LogP contribution in [0.2, 0.25) is 0 Å². The highest BCUT2D eigenvalue weighted by molar-refractivity contribution is 5.12. The molecule has 1 aliphatic carbocycles. The first kappa shape index (κ1) is 14.6. The Kier molecular flexibility index (Phi) is 4.34. The average Bonchev–Trinajstić information content (AvgIpc) is 2.81. The Labute approximate surface area is 117 Å². The van der Waals surface area contributed by atoms with Gasteiger partial charge in [-0.25, -0.2) is 0 Å². The number of likely N-dealkylation sites (N-methyl/N-ethyl adjacent to an activating group) is 1. The summed E-state index contributed by atoms with van der Waals surface area (Å²) in [6.45, 7) is 9.20. The minimum Gasteiger partial charge on any atom is -0.315 e. The van der Waals surface area contributed by atoms with E-state index in [0.717, 1.165) is 12.8 Å². The number of nitrogens with one attached hydrogen (secondary N) is 1. The molecule has 0 aliphatic heterocycles. The highest BCUT2D eigenvalue weighted by Crippen LogP contribution is 2.41. The fraction of sp³-hybridized carbons (Fsp3) is 0.812. The van der Waals surface area contributed by atoms with Crippen LogP contribution in [0.25, 0.3) is 0 Å². The van der Waals surface area contributed by atoms with E-state index in [1.54, 1.807) is 0 Å². The zero-order valence-corrected chi connectivity index (χ0v) is 13.2. The normalized spacial score (nSPS) is 26.6. The number of rotatable bonds is 4. The quantitative estimate of drug-likeness (QED) is 0.903. The van der Waals surface area contributed by atoms with E-state index in [1.807, 2.05) is 0 Å². The molecule has 108 valence electrons. The Bertz CT molecular complexity index is 420. The van der Waals surface area contributed by atoms with Crippen LogP contribution >= 0.6 is 0 Å². The first-order chi connectivity index (χ1) is 9.00. The van der Waals surface area contributed by atoms with E-state index < -0.39 is 0 Å². The SMILES string of the molecule is CCc1cc(CC)n(C2CC(C)(C)CCC2NC)n1. The van der Waals surface area contributed by atoms with Crippen LogP contribution in [0.15, 0.2) is 6.07 Å². The van der Waals surface area contributed by atoms with Gasteiger partial charge in [-0.1, -0.05) is 27.7 Å². The van der Waals surface area contributed by atoms with Crippen molar-refractivity contribution in [3.8, 4) is 0 Å². The summed E-state index contributed by atoms with van der Waals surface area (Å²) in [4.78, 5) is 0. The van der Waals surface area contributed by atoms with Crippen LogP contribution in [0, 0.1) is 5.41 Å². The van der Waals surface area contributed by atoms with E-state index >= 15 is 0 Å². The molecule has 1 aromatic rings. The number of hydrogen-bond acceptors (Lipinski definition) is 2. The highest BCUT2D eigenvalue weighted by atomic mass is 15.3. The van der Waals surface area contributed by atoms with Gasteiger partial charge in [-0.2, -0.15) is 5.10 Å². The molecular formula is C16H29N3. The monoisotopic (exact) mass is 263 g/mol. The molecule has 3 heteroatoms. The molecule has 0 spiro atoms. The van der Waals surface area contributed by atoms with Gasteiger partial charge in [0.1, 0.15) is 0 Å². The summed E-state index contributed by atoms with van der Waals surface area (Å²) in [5.74, 6) is 0. The van der Waals surface area contributed by atoms with Crippen LogP contribution in [0.4, 0.5) is 0 Å². The first-order valence-electron chi connectivity index (χ1n) is 7.75. The molecule has 19 heavy (non-hydrogen) atoms. The summed E-state index contributed by atoms with van der Waals surface area (Å²) < 4.78 is 2.32. The van der Waals surface area contributed by atoms with Crippen molar-refractivity contribution in [1.82, 2.24) is 15.1 Å². The second-order valence-electron chi connectivity index (χ2n) is 6.65. The maximum Gasteiger partial charge on any atom is 0.0680 e. The minimum atomic E-state index is 0.432. The molecule has 1 aliphatic rings. The third-order valence-electron chi connectivity index (χ3n) is 4.63. The van der Waals surface area contributed by atoms with Gasteiger partial charge in [0.15, 0.2) is 0 Å². The molecular weight excluding hydrogens is 234 g/mol. The first-order valence-corrected chi connectivity index (χ1v) is 7.75. The van der Waals surface area contributed by atoms with Crippen molar-refractivity contribution in [3.05, 3.63) is 17.5 Å². The van der Waals surface area contributed by atoms with Gasteiger partial charge in [0.05, 0.1) is 11.7 Å². The van der Waals surface area contributed by atoms with E-state index in [-0.39, 0.29) is 0 Å². The summed E-state index contributed by atoms with van der Waals surface area (Å²) in [7, 11) is 2.09. The van der Waals surface area contributed by atoms with Crippen molar-refractivity contribution in [2.45, 2.75) is 71.9 Å². The Morgan fingerprint density at radius 2 is 2.11 bits per heavy atom. The van der Waals surface area contributed by atoms with Crippen LogP contribution in [0.5, 0.6) is 0 Å². The van der Waals surface area contributed by atoms with E-state index in [4.69, 9.17) is 5.10 Å².